The molecule has 1 aliphatic heterocycles. The number of hydrogen-bond acceptors (Lipinski definition) is 6. The van der Waals surface area contributed by atoms with Crippen molar-refractivity contribution in [1.82, 2.24) is 9.97 Å². The van der Waals surface area contributed by atoms with Crippen LogP contribution in [0.3, 0.4) is 0 Å². The Kier molecular flexibility index (Phi) is 4.70. The van der Waals surface area contributed by atoms with E-state index in [1.54, 1.807) is 19.4 Å². The lowest BCUT2D eigenvalue weighted by Gasteiger charge is -2.12. The number of hydrogen-bond donors (Lipinski definition) is 1. The van der Waals surface area contributed by atoms with Gasteiger partial charge >= 0.3 is 0 Å². The Morgan fingerprint density at radius 1 is 1.27 bits per heavy atom. The van der Waals surface area contributed by atoms with Gasteiger partial charge in [0.05, 0.1) is 13.2 Å². The Balaban J connectivity index is 1.56. The molecule has 6 nitrogen and oxygen atoms in total. The molecule has 0 amide bonds. The van der Waals surface area contributed by atoms with Crippen molar-refractivity contribution < 1.29 is 14.2 Å². The van der Waals surface area contributed by atoms with Gasteiger partial charge in [-0.05, 0) is 37.1 Å². The number of benzene rings is 1. The Bertz CT molecular complexity index is 598. The Morgan fingerprint density at radius 3 is 2.86 bits per heavy atom. The molecule has 6 heteroatoms. The largest absolute Gasteiger partial charge is 0.491 e. The SMILES string of the molecule is COc1ccnc(Nc2ccc(OC[C@H]3CCCO3)cc2)n1. The van der Waals surface area contributed by atoms with Gasteiger partial charge in [0.15, 0.2) is 0 Å². The molecule has 1 N–H and O–H groups in total. The standard InChI is InChI=1S/C16H19N3O3/c1-20-15-8-9-17-16(19-15)18-12-4-6-13(7-5-12)22-11-14-3-2-10-21-14/h4-9,14H,2-3,10-11H2,1H3,(H,17,18,19)/t14-/m1/s1. The van der Waals surface area contributed by atoms with Gasteiger partial charge in [0.2, 0.25) is 11.8 Å². The van der Waals surface area contributed by atoms with Gasteiger partial charge in [0, 0.05) is 24.6 Å². The summed E-state index contributed by atoms with van der Waals surface area (Å²) < 4.78 is 16.3. The van der Waals surface area contributed by atoms with E-state index >= 15 is 0 Å². The van der Waals surface area contributed by atoms with E-state index in [0.717, 1.165) is 30.9 Å². The van der Waals surface area contributed by atoms with Crippen molar-refractivity contribution in [3.63, 3.8) is 0 Å². The zero-order chi connectivity index (χ0) is 15.2. The van der Waals surface area contributed by atoms with E-state index in [9.17, 15) is 0 Å². The van der Waals surface area contributed by atoms with E-state index in [0.29, 0.717) is 18.4 Å². The lowest BCUT2D eigenvalue weighted by atomic mass is 10.2. The lowest BCUT2D eigenvalue weighted by molar-refractivity contribution is 0.0679. The molecular weight excluding hydrogens is 282 g/mol. The number of nitrogens with one attached hydrogen (secondary N) is 1. The average molecular weight is 301 g/mol. The molecule has 0 unspecified atom stereocenters. The van der Waals surface area contributed by atoms with E-state index in [-0.39, 0.29) is 6.10 Å². The van der Waals surface area contributed by atoms with E-state index in [1.807, 2.05) is 24.3 Å². The number of anilines is 2. The fourth-order valence-corrected chi connectivity index (χ4v) is 2.24. The van der Waals surface area contributed by atoms with Crippen LogP contribution >= 0.6 is 0 Å². The normalized spacial score (nSPS) is 17.2. The molecule has 0 aliphatic carbocycles. The number of ether oxygens (including phenoxy) is 3. The quantitative estimate of drug-likeness (QED) is 0.885. The summed E-state index contributed by atoms with van der Waals surface area (Å²) in [5, 5.41) is 3.12. The Labute approximate surface area is 129 Å². The first-order chi connectivity index (χ1) is 10.8. The van der Waals surface area contributed by atoms with Gasteiger partial charge in [-0.3, -0.25) is 0 Å². The van der Waals surface area contributed by atoms with Crippen LogP contribution in [0.5, 0.6) is 11.6 Å². The second-order valence-electron chi connectivity index (χ2n) is 5.02. The van der Waals surface area contributed by atoms with Crippen molar-refractivity contribution in [3.05, 3.63) is 36.5 Å². The monoisotopic (exact) mass is 301 g/mol. The fourth-order valence-electron chi connectivity index (χ4n) is 2.24. The molecule has 1 aromatic heterocycles. The van der Waals surface area contributed by atoms with E-state index in [2.05, 4.69) is 15.3 Å². The molecule has 1 aliphatic rings. The summed E-state index contributed by atoms with van der Waals surface area (Å²) in [6.07, 6.45) is 4.07. The van der Waals surface area contributed by atoms with Gasteiger partial charge in [-0.25, -0.2) is 4.98 Å². The molecule has 22 heavy (non-hydrogen) atoms. The van der Waals surface area contributed by atoms with E-state index in [4.69, 9.17) is 14.2 Å². The predicted molar refractivity (Wildman–Crippen MR) is 82.8 cm³/mol. The molecule has 3 rings (SSSR count). The van der Waals surface area contributed by atoms with Gasteiger partial charge in [-0.2, -0.15) is 4.98 Å². The average Bonchev–Trinajstić information content (AvgIpc) is 3.08. The second kappa shape index (κ2) is 7.09. The molecule has 1 aromatic carbocycles. The summed E-state index contributed by atoms with van der Waals surface area (Å²) >= 11 is 0. The molecule has 1 atom stereocenters. The maximum atomic E-state index is 5.73. The van der Waals surface area contributed by atoms with Crippen molar-refractivity contribution in [1.29, 1.82) is 0 Å². The Morgan fingerprint density at radius 2 is 2.14 bits per heavy atom. The molecule has 2 heterocycles. The highest BCUT2D eigenvalue weighted by molar-refractivity contribution is 5.54. The minimum Gasteiger partial charge on any atom is -0.491 e. The van der Waals surface area contributed by atoms with Crippen molar-refractivity contribution in [3.8, 4) is 11.6 Å². The number of methoxy groups -OCH3 is 1. The van der Waals surface area contributed by atoms with Crippen molar-refractivity contribution >= 4 is 11.6 Å². The van der Waals surface area contributed by atoms with E-state index in [1.165, 1.54) is 0 Å². The van der Waals surface area contributed by atoms with Crippen LogP contribution in [-0.2, 0) is 4.74 Å². The maximum absolute atomic E-state index is 5.73. The summed E-state index contributed by atoms with van der Waals surface area (Å²) in [7, 11) is 1.58. The molecule has 0 radical (unpaired) electrons. The molecule has 0 spiro atoms. The highest BCUT2D eigenvalue weighted by Crippen LogP contribution is 2.20. The maximum Gasteiger partial charge on any atom is 0.230 e. The number of rotatable bonds is 6. The van der Waals surface area contributed by atoms with Crippen LogP contribution in [0.15, 0.2) is 36.5 Å². The lowest BCUT2D eigenvalue weighted by Crippen LogP contribution is -2.16. The third-order valence-electron chi connectivity index (χ3n) is 3.41. The molecule has 1 saturated heterocycles. The van der Waals surface area contributed by atoms with Crippen LogP contribution < -0.4 is 14.8 Å². The highest BCUT2D eigenvalue weighted by atomic mass is 16.5. The van der Waals surface area contributed by atoms with Crippen LogP contribution in [-0.4, -0.2) is 36.4 Å². The molecule has 0 bridgehead atoms. The first-order valence-electron chi connectivity index (χ1n) is 7.32. The van der Waals surface area contributed by atoms with Crippen LogP contribution in [0, 0.1) is 0 Å². The topological polar surface area (TPSA) is 65.5 Å². The minimum atomic E-state index is 0.225. The van der Waals surface area contributed by atoms with Gasteiger partial charge in [-0.15, -0.1) is 0 Å². The Hall–Kier alpha value is -2.34. The summed E-state index contributed by atoms with van der Waals surface area (Å²) in [5.74, 6) is 1.84. The van der Waals surface area contributed by atoms with Gasteiger partial charge < -0.3 is 19.5 Å². The van der Waals surface area contributed by atoms with Gasteiger partial charge in [0.1, 0.15) is 12.4 Å². The third kappa shape index (κ3) is 3.85. The van der Waals surface area contributed by atoms with Crippen molar-refractivity contribution in [2.45, 2.75) is 18.9 Å². The first-order valence-corrected chi connectivity index (χ1v) is 7.32. The molecule has 2 aromatic rings. The van der Waals surface area contributed by atoms with Crippen molar-refractivity contribution in [2.75, 3.05) is 25.6 Å². The second-order valence-corrected chi connectivity index (χ2v) is 5.02. The zero-order valence-corrected chi connectivity index (χ0v) is 12.5. The summed E-state index contributed by atoms with van der Waals surface area (Å²) in [5.41, 5.74) is 0.887. The van der Waals surface area contributed by atoms with Gasteiger partial charge in [0.25, 0.3) is 0 Å². The summed E-state index contributed by atoms with van der Waals surface area (Å²) in [6.45, 7) is 1.45. The minimum absolute atomic E-state index is 0.225. The number of aromatic nitrogens is 2. The predicted octanol–water partition coefficient (Wildman–Crippen LogP) is 2.79. The smallest absolute Gasteiger partial charge is 0.230 e. The third-order valence-corrected chi connectivity index (χ3v) is 3.41. The molecular formula is C16H19N3O3. The van der Waals surface area contributed by atoms with Gasteiger partial charge in [-0.1, -0.05) is 0 Å². The van der Waals surface area contributed by atoms with Crippen LogP contribution in [0.4, 0.5) is 11.6 Å². The van der Waals surface area contributed by atoms with Crippen LogP contribution in [0.25, 0.3) is 0 Å². The summed E-state index contributed by atoms with van der Waals surface area (Å²) in [4.78, 5) is 8.35. The fraction of sp³-hybridized carbons (Fsp3) is 0.375. The number of nitrogens with zero attached hydrogens (tertiary/aromatic N) is 2. The summed E-state index contributed by atoms with van der Waals surface area (Å²) in [6, 6.07) is 9.38. The molecule has 0 saturated carbocycles. The van der Waals surface area contributed by atoms with E-state index < -0.39 is 0 Å². The first kappa shape index (κ1) is 14.6. The van der Waals surface area contributed by atoms with Crippen LogP contribution in [0.2, 0.25) is 0 Å². The zero-order valence-electron chi connectivity index (χ0n) is 12.5. The molecule has 116 valence electrons. The molecule has 1 fully saturated rings. The highest BCUT2D eigenvalue weighted by Gasteiger charge is 2.15. The van der Waals surface area contributed by atoms with Crippen molar-refractivity contribution in [2.24, 2.45) is 0 Å². The van der Waals surface area contributed by atoms with Crippen LogP contribution in [0.1, 0.15) is 12.8 Å².